The molecule has 2 aromatic heterocycles. The van der Waals surface area contributed by atoms with Gasteiger partial charge in [-0.3, -0.25) is 9.78 Å². The zero-order valence-corrected chi connectivity index (χ0v) is 18.7. The van der Waals surface area contributed by atoms with Crippen molar-refractivity contribution < 1.29 is 19.0 Å². The van der Waals surface area contributed by atoms with E-state index < -0.39 is 0 Å². The number of hydrogen-bond acceptors (Lipinski definition) is 7. The maximum absolute atomic E-state index is 13.2. The maximum Gasteiger partial charge on any atom is 0.254 e. The molecule has 1 saturated heterocycles. The number of nitrogens with one attached hydrogen (secondary N) is 1. The van der Waals surface area contributed by atoms with Crippen molar-refractivity contribution in [3.05, 3.63) is 71.2 Å². The van der Waals surface area contributed by atoms with Crippen LogP contribution in [-0.4, -0.2) is 53.7 Å². The highest BCUT2D eigenvalue weighted by Gasteiger charge is 2.28. The molecule has 8 nitrogen and oxygen atoms in total. The fourth-order valence-electron chi connectivity index (χ4n) is 4.06. The van der Waals surface area contributed by atoms with Crippen LogP contribution in [0.15, 0.2) is 48.5 Å². The molecule has 5 rings (SSSR count). The molecule has 1 N–H and O–H groups in total. The summed E-state index contributed by atoms with van der Waals surface area (Å²) < 4.78 is 17.2. The molecule has 0 spiro atoms. The molecule has 2 aliphatic heterocycles. The van der Waals surface area contributed by atoms with Crippen molar-refractivity contribution in [2.75, 3.05) is 38.2 Å². The van der Waals surface area contributed by atoms with Crippen LogP contribution in [0.25, 0.3) is 0 Å². The third kappa shape index (κ3) is 4.75. The van der Waals surface area contributed by atoms with Crippen LogP contribution in [0.5, 0.6) is 11.5 Å². The molecule has 0 saturated carbocycles. The molecule has 8 heteroatoms. The fraction of sp³-hybridized carbons (Fsp3) is 0.320. The highest BCUT2D eigenvalue weighted by molar-refractivity contribution is 5.95. The molecule has 1 aromatic carbocycles. The molecule has 0 aliphatic carbocycles. The Balaban J connectivity index is 1.33. The minimum Gasteiger partial charge on any atom is -0.486 e. The minimum atomic E-state index is -0.314. The maximum atomic E-state index is 13.2. The number of amides is 1. The lowest BCUT2D eigenvalue weighted by Crippen LogP contribution is -2.42. The van der Waals surface area contributed by atoms with Gasteiger partial charge in [-0.15, -0.1) is 0 Å². The molecule has 0 unspecified atom stereocenters. The molecule has 33 heavy (non-hydrogen) atoms. The Labute approximate surface area is 192 Å². The first-order chi connectivity index (χ1) is 16.0. The highest BCUT2D eigenvalue weighted by atomic mass is 16.6. The molecule has 170 valence electrons. The number of rotatable bonds is 4. The number of aryl methyl sites for hydroxylation is 2. The van der Waals surface area contributed by atoms with Gasteiger partial charge >= 0.3 is 0 Å². The van der Waals surface area contributed by atoms with E-state index in [2.05, 4.69) is 15.3 Å². The predicted octanol–water partition coefficient (Wildman–Crippen LogP) is 3.82. The van der Waals surface area contributed by atoms with Crippen LogP contribution in [0.3, 0.4) is 0 Å². The van der Waals surface area contributed by atoms with Crippen LogP contribution in [0.1, 0.15) is 33.5 Å². The van der Waals surface area contributed by atoms with Crippen molar-refractivity contribution in [2.45, 2.75) is 20.0 Å². The number of fused-ring (bicyclic) bond motifs is 1. The molecular formula is C25H26N4O4. The average Bonchev–Trinajstić information content (AvgIpc) is 2.83. The summed E-state index contributed by atoms with van der Waals surface area (Å²) in [6.45, 7) is 6.29. The van der Waals surface area contributed by atoms with Crippen LogP contribution < -0.4 is 14.8 Å². The Hall–Kier alpha value is -3.65. The lowest BCUT2D eigenvalue weighted by molar-refractivity contribution is -0.0247. The van der Waals surface area contributed by atoms with Crippen LogP contribution in [0.4, 0.5) is 11.5 Å². The van der Waals surface area contributed by atoms with Crippen molar-refractivity contribution in [1.82, 2.24) is 14.9 Å². The lowest BCUT2D eigenvalue weighted by atomic mass is 10.1. The minimum absolute atomic E-state index is 0.0600. The lowest BCUT2D eigenvalue weighted by Gasteiger charge is -2.33. The quantitative estimate of drug-likeness (QED) is 0.652. The van der Waals surface area contributed by atoms with Crippen molar-refractivity contribution in [2.24, 2.45) is 0 Å². The number of nitrogens with zero attached hydrogens (tertiary/aromatic N) is 3. The number of anilines is 2. The fourth-order valence-corrected chi connectivity index (χ4v) is 4.06. The standard InChI is InChI=1S/C25H26N4O4/c1-16-4-3-5-24(27-16)28-19-12-17(2)26-20(14-19)23-15-29(8-9-31-23)25(30)18-6-7-21-22(13-18)33-11-10-32-21/h3-7,12-14,23H,8-11,15H2,1-2H3,(H,26,27,28)/t23-/m1/s1. The molecule has 1 fully saturated rings. The summed E-state index contributed by atoms with van der Waals surface area (Å²) in [5.74, 6) is 1.99. The van der Waals surface area contributed by atoms with E-state index in [0.29, 0.717) is 50.0 Å². The summed E-state index contributed by atoms with van der Waals surface area (Å²) in [6, 6.07) is 15.1. The Morgan fingerprint density at radius 1 is 0.970 bits per heavy atom. The van der Waals surface area contributed by atoms with Gasteiger partial charge in [0.1, 0.15) is 25.1 Å². The topological polar surface area (TPSA) is 85.8 Å². The van der Waals surface area contributed by atoms with Gasteiger partial charge in [0.2, 0.25) is 0 Å². The third-order valence-electron chi connectivity index (χ3n) is 5.61. The van der Waals surface area contributed by atoms with Crippen LogP contribution in [0, 0.1) is 13.8 Å². The van der Waals surface area contributed by atoms with Gasteiger partial charge in [0.15, 0.2) is 11.5 Å². The summed E-state index contributed by atoms with van der Waals surface area (Å²) in [6.07, 6.45) is -0.314. The van der Waals surface area contributed by atoms with E-state index in [1.807, 2.05) is 44.2 Å². The van der Waals surface area contributed by atoms with Crippen molar-refractivity contribution in [3.63, 3.8) is 0 Å². The largest absolute Gasteiger partial charge is 0.486 e. The molecule has 0 bridgehead atoms. The average molecular weight is 447 g/mol. The number of carbonyl (C=O) groups excluding carboxylic acids is 1. The van der Waals surface area contributed by atoms with E-state index >= 15 is 0 Å². The van der Waals surface area contributed by atoms with Crippen LogP contribution in [-0.2, 0) is 4.74 Å². The smallest absolute Gasteiger partial charge is 0.254 e. The monoisotopic (exact) mass is 446 g/mol. The van der Waals surface area contributed by atoms with Gasteiger partial charge in [-0.25, -0.2) is 4.98 Å². The first-order valence-electron chi connectivity index (χ1n) is 11.0. The number of ether oxygens (including phenoxy) is 3. The summed E-state index contributed by atoms with van der Waals surface area (Å²) >= 11 is 0. The normalized spacial score (nSPS) is 17.5. The molecule has 0 radical (unpaired) electrons. The molecule has 2 aliphatic rings. The van der Waals surface area contributed by atoms with Gasteiger partial charge in [-0.05, 0) is 56.3 Å². The van der Waals surface area contributed by atoms with Crippen molar-refractivity contribution in [3.8, 4) is 11.5 Å². The number of hydrogen-bond donors (Lipinski definition) is 1. The summed E-state index contributed by atoms with van der Waals surface area (Å²) in [5, 5.41) is 3.34. The Kier molecular flexibility index (Phi) is 5.83. The molecule has 1 amide bonds. The second kappa shape index (κ2) is 9.07. The first-order valence-corrected chi connectivity index (χ1v) is 11.0. The van der Waals surface area contributed by atoms with E-state index in [0.717, 1.165) is 28.6 Å². The Morgan fingerprint density at radius 2 is 1.82 bits per heavy atom. The van der Waals surface area contributed by atoms with E-state index in [1.54, 1.807) is 23.1 Å². The molecule has 1 atom stereocenters. The van der Waals surface area contributed by atoms with E-state index in [4.69, 9.17) is 14.2 Å². The number of benzene rings is 1. The van der Waals surface area contributed by atoms with Gasteiger partial charge in [0.05, 0.1) is 18.8 Å². The van der Waals surface area contributed by atoms with Gasteiger partial charge < -0.3 is 24.4 Å². The second-order valence-corrected chi connectivity index (χ2v) is 8.18. The van der Waals surface area contributed by atoms with E-state index in [-0.39, 0.29) is 12.0 Å². The van der Waals surface area contributed by atoms with Crippen molar-refractivity contribution in [1.29, 1.82) is 0 Å². The zero-order valence-electron chi connectivity index (χ0n) is 18.7. The predicted molar refractivity (Wildman–Crippen MR) is 123 cm³/mol. The summed E-state index contributed by atoms with van der Waals surface area (Å²) in [5.41, 5.74) is 4.04. The van der Waals surface area contributed by atoms with E-state index in [1.165, 1.54) is 0 Å². The number of morpholine rings is 1. The SMILES string of the molecule is Cc1cccc(Nc2cc(C)nc([C@H]3CN(C(=O)c4ccc5c(c4)OCCO5)CCO3)c2)n1. The molecule has 3 aromatic rings. The number of pyridine rings is 2. The zero-order chi connectivity index (χ0) is 22.8. The van der Waals surface area contributed by atoms with Gasteiger partial charge in [-0.2, -0.15) is 0 Å². The Morgan fingerprint density at radius 3 is 2.67 bits per heavy atom. The number of carbonyl (C=O) groups is 1. The Bertz CT molecular complexity index is 1180. The van der Waals surface area contributed by atoms with Crippen LogP contribution in [0.2, 0.25) is 0 Å². The second-order valence-electron chi connectivity index (χ2n) is 8.18. The van der Waals surface area contributed by atoms with Gasteiger partial charge in [0, 0.05) is 29.2 Å². The van der Waals surface area contributed by atoms with Crippen LogP contribution >= 0.6 is 0 Å². The highest BCUT2D eigenvalue weighted by Crippen LogP contribution is 2.32. The molecular weight excluding hydrogens is 420 g/mol. The van der Waals surface area contributed by atoms with Gasteiger partial charge in [-0.1, -0.05) is 6.07 Å². The molecule has 4 heterocycles. The summed E-state index contributed by atoms with van der Waals surface area (Å²) in [7, 11) is 0. The number of aromatic nitrogens is 2. The van der Waals surface area contributed by atoms with Gasteiger partial charge in [0.25, 0.3) is 5.91 Å². The van der Waals surface area contributed by atoms with Crippen molar-refractivity contribution >= 4 is 17.4 Å². The third-order valence-corrected chi connectivity index (χ3v) is 5.61. The first kappa shape index (κ1) is 21.2. The van der Waals surface area contributed by atoms with E-state index in [9.17, 15) is 4.79 Å². The summed E-state index contributed by atoms with van der Waals surface area (Å²) in [4.78, 5) is 24.2.